The van der Waals surface area contributed by atoms with Crippen LogP contribution in [-0.4, -0.2) is 27.7 Å². The molecular formula is C17H18BrNO2. The van der Waals surface area contributed by atoms with Crippen LogP contribution in [0.15, 0.2) is 28.7 Å². The third-order valence-electron chi connectivity index (χ3n) is 4.79. The molecule has 0 N–H and O–H groups in total. The highest BCUT2D eigenvalue weighted by atomic mass is 79.9. The van der Waals surface area contributed by atoms with E-state index >= 15 is 0 Å². The first-order valence-corrected chi connectivity index (χ1v) is 8.50. The summed E-state index contributed by atoms with van der Waals surface area (Å²) in [6.07, 6.45) is 4.36. The van der Waals surface area contributed by atoms with Crippen LogP contribution in [0.1, 0.15) is 41.8 Å². The lowest BCUT2D eigenvalue weighted by Gasteiger charge is -2.36. The smallest absolute Gasteiger partial charge is 0.290 e. The zero-order chi connectivity index (χ0) is 14.6. The molecule has 3 nitrogen and oxygen atoms in total. The number of nitrogens with zero attached hydrogens (tertiary/aromatic N) is 1. The highest BCUT2D eigenvalue weighted by Crippen LogP contribution is 2.39. The summed E-state index contributed by atoms with van der Waals surface area (Å²) in [6, 6.07) is 8.66. The highest BCUT2D eigenvalue weighted by molar-refractivity contribution is 9.09. The van der Waals surface area contributed by atoms with E-state index in [1.54, 1.807) is 0 Å². The molecule has 2 aliphatic heterocycles. The van der Waals surface area contributed by atoms with Crippen LogP contribution in [-0.2, 0) is 0 Å². The molecule has 4 heteroatoms. The number of hydrogen-bond acceptors (Lipinski definition) is 2. The second kappa shape index (κ2) is 4.87. The summed E-state index contributed by atoms with van der Waals surface area (Å²) in [7, 11) is 0. The van der Waals surface area contributed by atoms with Gasteiger partial charge in [-0.1, -0.05) is 27.6 Å². The normalized spacial score (nSPS) is 28.3. The van der Waals surface area contributed by atoms with Crippen LogP contribution in [0.2, 0.25) is 0 Å². The van der Waals surface area contributed by atoms with Crippen LogP contribution in [0, 0.1) is 6.92 Å². The molecule has 4 rings (SSSR count). The minimum Gasteiger partial charge on any atom is -0.451 e. The van der Waals surface area contributed by atoms with Crippen LogP contribution in [0.25, 0.3) is 11.0 Å². The first kappa shape index (κ1) is 13.4. The van der Waals surface area contributed by atoms with Gasteiger partial charge in [0.05, 0.1) is 0 Å². The molecule has 0 aliphatic carbocycles. The number of benzene rings is 1. The lowest BCUT2D eigenvalue weighted by molar-refractivity contribution is 0.0573. The van der Waals surface area contributed by atoms with Gasteiger partial charge in [0.2, 0.25) is 0 Å². The molecule has 21 heavy (non-hydrogen) atoms. The Morgan fingerprint density at radius 1 is 1.24 bits per heavy atom. The van der Waals surface area contributed by atoms with E-state index in [4.69, 9.17) is 4.42 Å². The fourth-order valence-corrected chi connectivity index (χ4v) is 4.70. The first-order valence-electron chi connectivity index (χ1n) is 7.59. The van der Waals surface area contributed by atoms with Crippen molar-refractivity contribution in [2.75, 3.05) is 0 Å². The number of rotatable bonds is 1. The standard InChI is InChI=1S/C17H18BrNO2/c1-10-2-5-15-11(6-10)7-16(21-15)17(20)19-13-3-4-14(19)9-12(18)8-13/h2,5-7,12-14H,3-4,8-9H2,1H3. The van der Waals surface area contributed by atoms with Crippen molar-refractivity contribution in [3.05, 3.63) is 35.6 Å². The number of halogens is 1. The van der Waals surface area contributed by atoms with E-state index in [-0.39, 0.29) is 5.91 Å². The summed E-state index contributed by atoms with van der Waals surface area (Å²) in [5, 5.41) is 1.01. The Bertz CT molecular complexity index is 694. The lowest BCUT2D eigenvalue weighted by Crippen LogP contribution is -2.46. The summed E-state index contributed by atoms with van der Waals surface area (Å²) in [6.45, 7) is 2.05. The Labute approximate surface area is 132 Å². The van der Waals surface area contributed by atoms with Crippen LogP contribution >= 0.6 is 15.9 Å². The van der Waals surface area contributed by atoms with Crippen molar-refractivity contribution in [1.29, 1.82) is 0 Å². The predicted octanol–water partition coefficient (Wildman–Crippen LogP) is 4.27. The van der Waals surface area contributed by atoms with Gasteiger partial charge in [0.15, 0.2) is 5.76 Å². The summed E-state index contributed by atoms with van der Waals surface area (Å²) < 4.78 is 5.79. The Balaban J connectivity index is 1.67. The monoisotopic (exact) mass is 347 g/mol. The second-order valence-electron chi connectivity index (χ2n) is 6.32. The van der Waals surface area contributed by atoms with Crippen molar-refractivity contribution in [3.8, 4) is 0 Å². The van der Waals surface area contributed by atoms with E-state index in [1.807, 2.05) is 18.2 Å². The van der Waals surface area contributed by atoms with E-state index in [2.05, 4.69) is 33.8 Å². The molecule has 110 valence electrons. The number of piperidine rings is 1. The molecule has 1 amide bonds. The lowest BCUT2D eigenvalue weighted by atomic mass is 10.0. The van der Waals surface area contributed by atoms with Gasteiger partial charge >= 0.3 is 0 Å². The number of alkyl halides is 1. The Morgan fingerprint density at radius 3 is 2.67 bits per heavy atom. The fourth-order valence-electron chi connectivity index (χ4n) is 3.84. The molecule has 1 aromatic heterocycles. The number of carbonyl (C=O) groups excluding carboxylic acids is 1. The molecule has 2 unspecified atom stereocenters. The molecule has 1 aromatic carbocycles. The SMILES string of the molecule is Cc1ccc2oc(C(=O)N3C4CCC3CC(Br)C4)cc2c1. The molecule has 2 aromatic rings. The third-order valence-corrected chi connectivity index (χ3v) is 5.54. The fraction of sp³-hybridized carbons (Fsp3) is 0.471. The number of furan rings is 1. The summed E-state index contributed by atoms with van der Waals surface area (Å²) in [5.74, 6) is 0.552. The Morgan fingerprint density at radius 2 is 1.95 bits per heavy atom. The van der Waals surface area contributed by atoms with E-state index in [1.165, 1.54) is 5.56 Å². The average Bonchev–Trinajstić information content (AvgIpc) is 2.97. The Hall–Kier alpha value is -1.29. The maximum Gasteiger partial charge on any atom is 0.290 e. The molecule has 0 spiro atoms. The van der Waals surface area contributed by atoms with Gasteiger partial charge in [-0.3, -0.25) is 4.79 Å². The van der Waals surface area contributed by atoms with Gasteiger partial charge in [0.25, 0.3) is 5.91 Å². The van der Waals surface area contributed by atoms with E-state index in [0.29, 0.717) is 22.7 Å². The van der Waals surface area contributed by atoms with Gasteiger partial charge in [-0.15, -0.1) is 0 Å². The molecule has 2 atom stereocenters. The first-order chi connectivity index (χ1) is 10.1. The number of amides is 1. The maximum atomic E-state index is 12.8. The molecule has 2 saturated heterocycles. The minimum absolute atomic E-state index is 0.0655. The molecule has 0 saturated carbocycles. The largest absolute Gasteiger partial charge is 0.451 e. The van der Waals surface area contributed by atoms with Crippen LogP contribution in [0.3, 0.4) is 0 Å². The van der Waals surface area contributed by atoms with Crippen LogP contribution in [0.5, 0.6) is 0 Å². The molecule has 0 radical (unpaired) electrons. The number of carbonyl (C=O) groups is 1. The van der Waals surface area contributed by atoms with E-state index in [9.17, 15) is 4.79 Å². The van der Waals surface area contributed by atoms with Gasteiger partial charge in [0.1, 0.15) is 5.58 Å². The molecule has 2 bridgehead atoms. The molecular weight excluding hydrogens is 330 g/mol. The van der Waals surface area contributed by atoms with Crippen molar-refractivity contribution in [3.63, 3.8) is 0 Å². The highest BCUT2D eigenvalue weighted by Gasteiger charge is 2.43. The molecule has 2 aliphatic rings. The summed E-state index contributed by atoms with van der Waals surface area (Å²) >= 11 is 3.72. The van der Waals surface area contributed by atoms with Gasteiger partial charge in [0, 0.05) is 22.3 Å². The van der Waals surface area contributed by atoms with E-state index < -0.39 is 0 Å². The second-order valence-corrected chi connectivity index (χ2v) is 7.61. The van der Waals surface area contributed by atoms with E-state index in [0.717, 1.165) is 36.7 Å². The van der Waals surface area contributed by atoms with Gasteiger partial charge in [-0.2, -0.15) is 0 Å². The predicted molar refractivity (Wildman–Crippen MR) is 85.9 cm³/mol. The number of hydrogen-bond donors (Lipinski definition) is 0. The van der Waals surface area contributed by atoms with Crippen LogP contribution < -0.4 is 0 Å². The zero-order valence-electron chi connectivity index (χ0n) is 12.0. The van der Waals surface area contributed by atoms with Crippen molar-refractivity contribution in [2.24, 2.45) is 0 Å². The molecule has 2 fully saturated rings. The van der Waals surface area contributed by atoms with Crippen LogP contribution in [0.4, 0.5) is 0 Å². The zero-order valence-corrected chi connectivity index (χ0v) is 13.6. The quantitative estimate of drug-likeness (QED) is 0.721. The van der Waals surface area contributed by atoms with Gasteiger partial charge < -0.3 is 9.32 Å². The Kier molecular flexibility index (Phi) is 3.10. The number of fused-ring (bicyclic) bond motifs is 3. The van der Waals surface area contributed by atoms with Crippen molar-refractivity contribution in [1.82, 2.24) is 4.90 Å². The summed E-state index contributed by atoms with van der Waals surface area (Å²) in [5.41, 5.74) is 1.98. The molecule has 3 heterocycles. The van der Waals surface area contributed by atoms with Gasteiger partial charge in [-0.25, -0.2) is 0 Å². The third kappa shape index (κ3) is 2.20. The number of aryl methyl sites for hydroxylation is 1. The average molecular weight is 348 g/mol. The van der Waals surface area contributed by atoms with Gasteiger partial charge in [-0.05, 0) is 50.8 Å². The van der Waals surface area contributed by atoms with Crippen molar-refractivity contribution in [2.45, 2.75) is 49.5 Å². The van der Waals surface area contributed by atoms with Crippen molar-refractivity contribution < 1.29 is 9.21 Å². The topological polar surface area (TPSA) is 33.5 Å². The minimum atomic E-state index is 0.0655. The summed E-state index contributed by atoms with van der Waals surface area (Å²) in [4.78, 5) is 15.5. The van der Waals surface area contributed by atoms with Crippen molar-refractivity contribution >= 4 is 32.8 Å². The maximum absolute atomic E-state index is 12.8.